The summed E-state index contributed by atoms with van der Waals surface area (Å²) < 4.78 is 7.78. The zero-order valence-corrected chi connectivity index (χ0v) is 19.2. The number of carbonyl (C=O) groups is 2. The number of aryl methyl sites for hydroxylation is 2. The molecule has 2 fully saturated rings. The van der Waals surface area contributed by atoms with Crippen molar-refractivity contribution in [3.8, 4) is 0 Å². The van der Waals surface area contributed by atoms with E-state index in [-0.39, 0.29) is 24.0 Å². The number of urea groups is 1. The Kier molecular flexibility index (Phi) is 6.95. The van der Waals surface area contributed by atoms with E-state index >= 15 is 0 Å². The molecule has 2 aliphatic rings. The summed E-state index contributed by atoms with van der Waals surface area (Å²) in [6, 6.07) is 6.27. The molecule has 0 unspecified atom stereocenters. The van der Waals surface area contributed by atoms with Gasteiger partial charge in [-0.05, 0) is 44.7 Å². The highest BCUT2D eigenvalue weighted by molar-refractivity contribution is 5.86. The highest BCUT2D eigenvalue weighted by Gasteiger charge is 2.41. The maximum absolute atomic E-state index is 13.4. The quantitative estimate of drug-likeness (QED) is 0.541. The Bertz CT molecular complexity index is 964. The molecule has 1 saturated carbocycles. The van der Waals surface area contributed by atoms with Crippen LogP contribution in [0.5, 0.6) is 0 Å². The summed E-state index contributed by atoms with van der Waals surface area (Å²) in [5.74, 6) is 0.0526. The Morgan fingerprint density at radius 2 is 2.19 bits per heavy atom. The van der Waals surface area contributed by atoms with Gasteiger partial charge in [-0.2, -0.15) is 5.10 Å². The maximum Gasteiger partial charge on any atom is 0.314 e. The second-order valence-electron chi connectivity index (χ2n) is 8.70. The van der Waals surface area contributed by atoms with Crippen LogP contribution in [0.4, 0.5) is 4.79 Å². The van der Waals surface area contributed by atoms with Crippen LogP contribution in [0, 0.1) is 6.92 Å². The van der Waals surface area contributed by atoms with Crippen LogP contribution in [-0.2, 0) is 16.1 Å². The SMILES string of the molecule is CNC(=O)NCCCn1nc([C@@H](C)N(C(=O)[C@H]2CNCCO2)C2CC2)c2ccc(C)cc21. The lowest BCUT2D eigenvalue weighted by Crippen LogP contribution is -2.50. The van der Waals surface area contributed by atoms with Gasteiger partial charge in [-0.25, -0.2) is 4.79 Å². The molecule has 1 aliphatic carbocycles. The topological polar surface area (TPSA) is 101 Å². The Hall–Kier alpha value is -2.65. The fourth-order valence-electron chi connectivity index (χ4n) is 4.37. The summed E-state index contributed by atoms with van der Waals surface area (Å²) in [6.07, 6.45) is 2.38. The summed E-state index contributed by atoms with van der Waals surface area (Å²) in [4.78, 5) is 26.8. The number of carbonyl (C=O) groups excluding carboxylic acids is 2. The van der Waals surface area contributed by atoms with Crippen molar-refractivity contribution < 1.29 is 14.3 Å². The van der Waals surface area contributed by atoms with Crippen molar-refractivity contribution in [1.29, 1.82) is 0 Å². The second-order valence-corrected chi connectivity index (χ2v) is 8.70. The first kappa shape index (κ1) is 22.5. The number of morpholine rings is 1. The number of nitrogens with zero attached hydrogens (tertiary/aromatic N) is 3. The summed E-state index contributed by atoms with van der Waals surface area (Å²) in [5, 5.41) is 14.7. The lowest BCUT2D eigenvalue weighted by Gasteiger charge is -2.33. The van der Waals surface area contributed by atoms with Crippen LogP contribution < -0.4 is 16.0 Å². The lowest BCUT2D eigenvalue weighted by atomic mass is 10.1. The smallest absolute Gasteiger partial charge is 0.314 e. The lowest BCUT2D eigenvalue weighted by molar-refractivity contribution is -0.148. The van der Waals surface area contributed by atoms with Crippen LogP contribution in [0.1, 0.15) is 43.5 Å². The monoisotopic (exact) mass is 442 g/mol. The van der Waals surface area contributed by atoms with Crippen molar-refractivity contribution >= 4 is 22.8 Å². The summed E-state index contributed by atoms with van der Waals surface area (Å²) in [5.41, 5.74) is 3.15. The van der Waals surface area contributed by atoms with Crippen molar-refractivity contribution in [3.05, 3.63) is 29.5 Å². The van der Waals surface area contributed by atoms with Gasteiger partial charge in [0.25, 0.3) is 5.91 Å². The minimum Gasteiger partial charge on any atom is -0.366 e. The largest absolute Gasteiger partial charge is 0.366 e. The number of rotatable bonds is 8. The van der Waals surface area contributed by atoms with E-state index in [1.165, 1.54) is 0 Å². The Morgan fingerprint density at radius 3 is 2.88 bits per heavy atom. The summed E-state index contributed by atoms with van der Waals surface area (Å²) in [7, 11) is 1.61. The molecule has 1 aliphatic heterocycles. The molecule has 3 N–H and O–H groups in total. The minimum absolute atomic E-state index is 0.0526. The van der Waals surface area contributed by atoms with Gasteiger partial charge in [0.15, 0.2) is 0 Å². The first-order valence-corrected chi connectivity index (χ1v) is 11.6. The van der Waals surface area contributed by atoms with Gasteiger partial charge in [-0.1, -0.05) is 12.1 Å². The number of aromatic nitrogens is 2. The predicted molar refractivity (Wildman–Crippen MR) is 122 cm³/mol. The highest BCUT2D eigenvalue weighted by Crippen LogP contribution is 2.37. The standard InChI is InChI=1S/C23H34N6O3/c1-15-5-8-18-19(13-15)28(11-4-9-26-23(31)24-3)27-21(18)16(2)29(17-6-7-17)22(30)20-14-25-10-12-32-20/h5,8,13,16-17,20,25H,4,6-7,9-12,14H2,1-3H3,(H2,24,26,31)/t16-,20-/m1/s1. The molecular formula is C23H34N6O3. The third-order valence-corrected chi connectivity index (χ3v) is 6.21. The van der Waals surface area contributed by atoms with E-state index in [0.717, 1.165) is 48.0 Å². The number of amides is 3. The molecule has 9 heteroatoms. The average Bonchev–Trinajstić information content (AvgIpc) is 3.58. The van der Waals surface area contributed by atoms with Crippen LogP contribution >= 0.6 is 0 Å². The fourth-order valence-corrected chi connectivity index (χ4v) is 4.37. The number of nitrogens with one attached hydrogen (secondary N) is 3. The molecule has 4 rings (SSSR count). The van der Waals surface area contributed by atoms with Crippen LogP contribution in [0.25, 0.3) is 10.9 Å². The third-order valence-electron chi connectivity index (χ3n) is 6.21. The van der Waals surface area contributed by atoms with Crippen molar-refractivity contribution in [2.75, 3.05) is 33.3 Å². The van der Waals surface area contributed by atoms with Crippen molar-refractivity contribution in [1.82, 2.24) is 30.6 Å². The average molecular weight is 443 g/mol. The first-order valence-electron chi connectivity index (χ1n) is 11.6. The number of benzene rings is 1. The first-order chi connectivity index (χ1) is 15.5. The molecule has 2 aromatic rings. The van der Waals surface area contributed by atoms with E-state index in [4.69, 9.17) is 9.84 Å². The molecule has 2 heterocycles. The van der Waals surface area contributed by atoms with Gasteiger partial charge in [0.2, 0.25) is 0 Å². The molecule has 3 amide bonds. The highest BCUT2D eigenvalue weighted by atomic mass is 16.5. The minimum atomic E-state index is -0.432. The van der Waals surface area contributed by atoms with E-state index in [9.17, 15) is 9.59 Å². The molecule has 174 valence electrons. The van der Waals surface area contributed by atoms with E-state index in [1.54, 1.807) is 7.05 Å². The third kappa shape index (κ3) is 4.88. The molecule has 0 bridgehead atoms. The van der Waals surface area contributed by atoms with Crippen molar-refractivity contribution in [2.24, 2.45) is 0 Å². The van der Waals surface area contributed by atoms with Crippen LogP contribution in [0.3, 0.4) is 0 Å². The summed E-state index contributed by atoms with van der Waals surface area (Å²) >= 11 is 0. The van der Waals surface area contributed by atoms with Gasteiger partial charge in [0.1, 0.15) is 6.10 Å². The van der Waals surface area contributed by atoms with Gasteiger partial charge in [0, 0.05) is 44.7 Å². The molecular weight excluding hydrogens is 408 g/mol. The van der Waals surface area contributed by atoms with E-state index in [0.29, 0.717) is 26.2 Å². The zero-order chi connectivity index (χ0) is 22.7. The second kappa shape index (κ2) is 9.87. The van der Waals surface area contributed by atoms with E-state index in [1.807, 2.05) is 9.58 Å². The zero-order valence-electron chi connectivity index (χ0n) is 19.2. The number of ether oxygens (including phenoxy) is 1. The number of hydrogen-bond donors (Lipinski definition) is 3. The normalized spacial score (nSPS) is 19.5. The number of hydrogen-bond acceptors (Lipinski definition) is 5. The van der Waals surface area contributed by atoms with Crippen molar-refractivity contribution in [2.45, 2.75) is 57.8 Å². The number of fused-ring (bicyclic) bond motifs is 1. The summed E-state index contributed by atoms with van der Waals surface area (Å²) in [6.45, 7) is 7.30. The molecule has 2 atom stereocenters. The predicted octanol–water partition coefficient (Wildman–Crippen LogP) is 1.70. The molecule has 1 aromatic carbocycles. The van der Waals surface area contributed by atoms with Crippen LogP contribution in [0.15, 0.2) is 18.2 Å². The molecule has 0 radical (unpaired) electrons. The molecule has 1 saturated heterocycles. The maximum atomic E-state index is 13.4. The Balaban J connectivity index is 1.57. The molecule has 32 heavy (non-hydrogen) atoms. The van der Waals surface area contributed by atoms with E-state index < -0.39 is 6.10 Å². The van der Waals surface area contributed by atoms with Crippen molar-refractivity contribution in [3.63, 3.8) is 0 Å². The van der Waals surface area contributed by atoms with Crippen LogP contribution in [-0.4, -0.2) is 72.1 Å². The molecule has 1 aromatic heterocycles. The Labute approximate surface area is 188 Å². The Morgan fingerprint density at radius 1 is 1.38 bits per heavy atom. The van der Waals surface area contributed by atoms with E-state index in [2.05, 4.69) is 48.0 Å². The molecule has 0 spiro atoms. The van der Waals surface area contributed by atoms with Crippen LogP contribution in [0.2, 0.25) is 0 Å². The van der Waals surface area contributed by atoms with Gasteiger partial charge < -0.3 is 25.6 Å². The van der Waals surface area contributed by atoms with Gasteiger partial charge in [-0.3, -0.25) is 9.48 Å². The fraction of sp³-hybridized carbons (Fsp3) is 0.609. The van der Waals surface area contributed by atoms with Gasteiger partial charge in [0.05, 0.1) is 23.9 Å². The molecule has 9 nitrogen and oxygen atoms in total. The van der Waals surface area contributed by atoms with Gasteiger partial charge in [-0.15, -0.1) is 0 Å². The van der Waals surface area contributed by atoms with Gasteiger partial charge >= 0.3 is 6.03 Å².